The Bertz CT molecular complexity index is 613. The number of nitrogens with two attached hydrogens (primary N) is 1. The van der Waals surface area contributed by atoms with Gasteiger partial charge in [-0.05, 0) is 25.1 Å². The topological polar surface area (TPSA) is 87.6 Å². The number of hydrogen-bond donors (Lipinski definition) is 2. The Morgan fingerprint density at radius 1 is 1.33 bits per heavy atom. The van der Waals surface area contributed by atoms with Gasteiger partial charge in [-0.3, -0.25) is 0 Å². The maximum atomic E-state index is 13.1. The number of nitrogens with one attached hydrogen (secondary N) is 1. The van der Waals surface area contributed by atoms with Crippen LogP contribution in [-0.4, -0.2) is 9.97 Å². The van der Waals surface area contributed by atoms with Crippen LogP contribution in [0.25, 0.3) is 0 Å². The lowest BCUT2D eigenvalue weighted by Gasteiger charge is -2.07. The summed E-state index contributed by atoms with van der Waals surface area (Å²) in [6.45, 7) is 1.79. The number of anilines is 3. The number of halogens is 1. The fourth-order valence-corrected chi connectivity index (χ4v) is 1.49. The summed E-state index contributed by atoms with van der Waals surface area (Å²) in [5.41, 5.74) is 6.77. The van der Waals surface area contributed by atoms with E-state index in [9.17, 15) is 4.39 Å². The minimum Gasteiger partial charge on any atom is -0.368 e. The highest BCUT2D eigenvalue weighted by Crippen LogP contribution is 2.18. The molecule has 0 aliphatic rings. The van der Waals surface area contributed by atoms with Gasteiger partial charge in [-0.25, -0.2) is 9.37 Å². The van der Waals surface area contributed by atoms with E-state index in [1.165, 1.54) is 18.2 Å². The normalized spacial score (nSPS) is 9.83. The lowest BCUT2D eigenvalue weighted by molar-refractivity contribution is 0.624. The van der Waals surface area contributed by atoms with E-state index in [2.05, 4.69) is 15.3 Å². The summed E-state index contributed by atoms with van der Waals surface area (Å²) < 4.78 is 13.1. The third-order valence-corrected chi connectivity index (χ3v) is 2.23. The molecule has 1 aromatic carbocycles. The van der Waals surface area contributed by atoms with Gasteiger partial charge in [0, 0.05) is 17.4 Å². The number of rotatable bonds is 2. The molecule has 0 atom stereocenters. The van der Waals surface area contributed by atoms with Crippen molar-refractivity contribution in [2.45, 2.75) is 6.92 Å². The first kappa shape index (κ1) is 11.8. The van der Waals surface area contributed by atoms with Gasteiger partial charge < -0.3 is 11.1 Å². The minimum absolute atomic E-state index is 0.0289. The molecule has 0 unspecified atom stereocenters. The van der Waals surface area contributed by atoms with E-state index in [0.717, 1.165) is 0 Å². The molecule has 6 heteroatoms. The predicted octanol–water partition coefficient (Wildman–Crippen LogP) is 2.12. The highest BCUT2D eigenvalue weighted by Gasteiger charge is 2.04. The molecular formula is C12H10FN5. The Morgan fingerprint density at radius 2 is 2.11 bits per heavy atom. The van der Waals surface area contributed by atoms with Crippen LogP contribution in [0.5, 0.6) is 0 Å². The van der Waals surface area contributed by atoms with Crippen molar-refractivity contribution in [3.8, 4) is 6.07 Å². The summed E-state index contributed by atoms with van der Waals surface area (Å²) in [6.07, 6.45) is 0. The molecule has 5 nitrogen and oxygen atoms in total. The zero-order valence-electron chi connectivity index (χ0n) is 9.61. The number of nitriles is 1. The molecule has 0 radical (unpaired) electrons. The Labute approximate surface area is 103 Å². The van der Waals surface area contributed by atoms with Gasteiger partial charge in [0.05, 0.1) is 5.56 Å². The van der Waals surface area contributed by atoms with Crippen molar-refractivity contribution < 1.29 is 4.39 Å². The summed E-state index contributed by atoms with van der Waals surface area (Å²) in [6, 6.07) is 7.62. The van der Waals surface area contributed by atoms with Gasteiger partial charge in [-0.15, -0.1) is 0 Å². The Balaban J connectivity index is 2.31. The summed E-state index contributed by atoms with van der Waals surface area (Å²) >= 11 is 0. The van der Waals surface area contributed by atoms with E-state index in [1.807, 2.05) is 0 Å². The number of nitrogen functional groups attached to an aromatic ring is 1. The lowest BCUT2D eigenvalue weighted by Crippen LogP contribution is -2.01. The molecule has 2 aromatic rings. The van der Waals surface area contributed by atoms with Gasteiger partial charge in [-0.2, -0.15) is 10.2 Å². The minimum atomic E-state index is -0.554. The highest BCUT2D eigenvalue weighted by atomic mass is 19.1. The molecule has 0 saturated carbocycles. The molecule has 0 bridgehead atoms. The molecular weight excluding hydrogens is 233 g/mol. The van der Waals surface area contributed by atoms with E-state index in [-0.39, 0.29) is 11.5 Å². The predicted molar refractivity (Wildman–Crippen MR) is 65.6 cm³/mol. The first-order chi connectivity index (χ1) is 8.58. The number of aryl methyl sites for hydroxylation is 1. The molecule has 2 rings (SSSR count). The Hall–Kier alpha value is -2.68. The van der Waals surface area contributed by atoms with Gasteiger partial charge >= 0.3 is 0 Å². The molecule has 0 spiro atoms. The van der Waals surface area contributed by atoms with Crippen molar-refractivity contribution in [1.29, 1.82) is 5.26 Å². The van der Waals surface area contributed by atoms with Crippen LogP contribution >= 0.6 is 0 Å². The zero-order chi connectivity index (χ0) is 13.1. The van der Waals surface area contributed by atoms with Crippen molar-refractivity contribution in [3.05, 3.63) is 41.3 Å². The average Bonchev–Trinajstić information content (AvgIpc) is 2.30. The number of benzene rings is 1. The van der Waals surface area contributed by atoms with E-state index in [4.69, 9.17) is 11.0 Å². The van der Waals surface area contributed by atoms with Gasteiger partial charge in [-0.1, -0.05) is 0 Å². The number of nitrogens with zero attached hydrogens (tertiary/aromatic N) is 3. The molecule has 1 aromatic heterocycles. The van der Waals surface area contributed by atoms with E-state index < -0.39 is 5.82 Å². The summed E-state index contributed by atoms with van der Waals surface area (Å²) in [7, 11) is 0. The fraction of sp³-hybridized carbons (Fsp3) is 0.0833. The van der Waals surface area contributed by atoms with Crippen molar-refractivity contribution in [2.75, 3.05) is 11.1 Å². The molecule has 0 saturated heterocycles. The van der Waals surface area contributed by atoms with Crippen LogP contribution < -0.4 is 11.1 Å². The molecule has 1 heterocycles. The van der Waals surface area contributed by atoms with E-state index in [0.29, 0.717) is 17.2 Å². The Morgan fingerprint density at radius 3 is 2.78 bits per heavy atom. The molecule has 3 N–H and O–H groups in total. The second kappa shape index (κ2) is 4.67. The van der Waals surface area contributed by atoms with Crippen LogP contribution in [0.2, 0.25) is 0 Å². The first-order valence-electron chi connectivity index (χ1n) is 5.16. The lowest BCUT2D eigenvalue weighted by atomic mass is 10.2. The van der Waals surface area contributed by atoms with Crippen molar-refractivity contribution in [3.63, 3.8) is 0 Å². The number of hydrogen-bond acceptors (Lipinski definition) is 5. The number of aromatic nitrogens is 2. The smallest absolute Gasteiger partial charge is 0.222 e. The molecule has 0 fully saturated rings. The van der Waals surface area contributed by atoms with Crippen molar-refractivity contribution >= 4 is 17.5 Å². The monoisotopic (exact) mass is 243 g/mol. The van der Waals surface area contributed by atoms with E-state index >= 15 is 0 Å². The third kappa shape index (κ3) is 2.52. The molecule has 0 amide bonds. The summed E-state index contributed by atoms with van der Waals surface area (Å²) in [5.74, 6) is 0.0945. The molecule has 0 aliphatic carbocycles. The van der Waals surface area contributed by atoms with Gasteiger partial charge in [0.25, 0.3) is 0 Å². The second-order valence-corrected chi connectivity index (χ2v) is 3.68. The van der Waals surface area contributed by atoms with Gasteiger partial charge in [0.2, 0.25) is 5.95 Å². The largest absolute Gasteiger partial charge is 0.368 e. The van der Waals surface area contributed by atoms with Crippen molar-refractivity contribution in [1.82, 2.24) is 9.97 Å². The van der Waals surface area contributed by atoms with Gasteiger partial charge in [0.15, 0.2) is 0 Å². The third-order valence-electron chi connectivity index (χ3n) is 2.23. The maximum absolute atomic E-state index is 13.1. The Kier molecular flexibility index (Phi) is 3.06. The van der Waals surface area contributed by atoms with Crippen LogP contribution in [0.15, 0.2) is 24.3 Å². The van der Waals surface area contributed by atoms with Crippen LogP contribution in [0.3, 0.4) is 0 Å². The SMILES string of the molecule is Cc1cc(Nc2ccc(F)c(C#N)c2)nc(N)n1. The van der Waals surface area contributed by atoms with Gasteiger partial charge in [0.1, 0.15) is 17.7 Å². The fourth-order valence-electron chi connectivity index (χ4n) is 1.49. The van der Waals surface area contributed by atoms with E-state index in [1.54, 1.807) is 19.1 Å². The van der Waals surface area contributed by atoms with Crippen LogP contribution in [0.4, 0.5) is 21.8 Å². The van der Waals surface area contributed by atoms with Crippen molar-refractivity contribution in [2.24, 2.45) is 0 Å². The highest BCUT2D eigenvalue weighted by molar-refractivity contribution is 5.59. The van der Waals surface area contributed by atoms with Crippen LogP contribution in [-0.2, 0) is 0 Å². The quantitative estimate of drug-likeness (QED) is 0.843. The first-order valence-corrected chi connectivity index (χ1v) is 5.16. The standard InChI is InChI=1S/C12H10FN5/c1-7-4-11(18-12(15)16-7)17-9-2-3-10(13)8(5-9)6-14/h2-5H,1H3,(H3,15,16,17,18). The average molecular weight is 243 g/mol. The molecule has 0 aliphatic heterocycles. The molecule has 90 valence electrons. The summed E-state index contributed by atoms with van der Waals surface area (Å²) in [4.78, 5) is 7.92. The maximum Gasteiger partial charge on any atom is 0.222 e. The summed E-state index contributed by atoms with van der Waals surface area (Å²) in [5, 5.41) is 11.7. The zero-order valence-corrected chi connectivity index (χ0v) is 9.61. The molecule has 18 heavy (non-hydrogen) atoms. The van der Waals surface area contributed by atoms with Crippen LogP contribution in [0.1, 0.15) is 11.3 Å². The second-order valence-electron chi connectivity index (χ2n) is 3.68. The van der Waals surface area contributed by atoms with Crippen LogP contribution in [0, 0.1) is 24.1 Å².